The molecule has 1 aliphatic rings. The third-order valence-corrected chi connectivity index (χ3v) is 4.59. The lowest BCUT2D eigenvalue weighted by atomic mass is 9.79. The van der Waals surface area contributed by atoms with E-state index in [-0.39, 0.29) is 12.1 Å². The van der Waals surface area contributed by atoms with Crippen molar-refractivity contribution in [1.82, 2.24) is 0 Å². The van der Waals surface area contributed by atoms with Gasteiger partial charge in [0, 0.05) is 6.42 Å². The van der Waals surface area contributed by atoms with Gasteiger partial charge in [-0.2, -0.15) is 0 Å². The summed E-state index contributed by atoms with van der Waals surface area (Å²) in [4.78, 5) is 23.9. The fourth-order valence-corrected chi connectivity index (χ4v) is 3.36. The third-order valence-electron chi connectivity index (χ3n) is 4.59. The molecule has 0 aromatic heterocycles. The first-order valence-corrected chi connectivity index (χ1v) is 8.59. The molecule has 0 bridgehead atoms. The number of benzene rings is 1. The van der Waals surface area contributed by atoms with Crippen LogP contribution in [-0.2, 0) is 20.7 Å². The summed E-state index contributed by atoms with van der Waals surface area (Å²) in [7, 11) is 0. The predicted octanol–water partition coefficient (Wildman–Crippen LogP) is 3.83. The van der Waals surface area contributed by atoms with Crippen molar-refractivity contribution < 1.29 is 19.4 Å². The zero-order chi connectivity index (χ0) is 16.7. The molecule has 0 heterocycles. The van der Waals surface area contributed by atoms with Gasteiger partial charge in [0.2, 0.25) is 0 Å². The Morgan fingerprint density at radius 2 is 1.83 bits per heavy atom. The van der Waals surface area contributed by atoms with E-state index >= 15 is 0 Å². The van der Waals surface area contributed by atoms with Crippen LogP contribution in [0, 0.1) is 11.8 Å². The highest BCUT2D eigenvalue weighted by Crippen LogP contribution is 2.32. The monoisotopic (exact) mass is 318 g/mol. The van der Waals surface area contributed by atoms with Crippen molar-refractivity contribution >= 4 is 11.9 Å². The number of carboxylic acids is 1. The maximum absolute atomic E-state index is 12.5. The molecule has 4 nitrogen and oxygen atoms in total. The highest BCUT2D eigenvalue weighted by Gasteiger charge is 2.37. The van der Waals surface area contributed by atoms with Gasteiger partial charge in [0.15, 0.2) is 0 Å². The van der Waals surface area contributed by atoms with Crippen LogP contribution in [0.25, 0.3) is 0 Å². The fourth-order valence-electron chi connectivity index (χ4n) is 3.36. The maximum Gasteiger partial charge on any atom is 0.310 e. The van der Waals surface area contributed by atoms with E-state index in [2.05, 4.69) is 6.92 Å². The predicted molar refractivity (Wildman–Crippen MR) is 88.0 cm³/mol. The van der Waals surface area contributed by atoms with E-state index in [9.17, 15) is 14.7 Å². The van der Waals surface area contributed by atoms with E-state index in [0.29, 0.717) is 19.3 Å². The molecule has 1 fully saturated rings. The number of rotatable bonds is 7. The van der Waals surface area contributed by atoms with Crippen molar-refractivity contribution in [3.05, 3.63) is 35.9 Å². The molecular formula is C19H26O4. The molecule has 1 aromatic carbocycles. The van der Waals surface area contributed by atoms with E-state index < -0.39 is 17.8 Å². The van der Waals surface area contributed by atoms with Crippen LogP contribution in [0.3, 0.4) is 0 Å². The highest BCUT2D eigenvalue weighted by atomic mass is 16.5. The van der Waals surface area contributed by atoms with Crippen molar-refractivity contribution in [1.29, 1.82) is 0 Å². The summed E-state index contributed by atoms with van der Waals surface area (Å²) in [6, 6.07) is 9.96. The minimum atomic E-state index is -0.873. The number of hydrogen-bond acceptors (Lipinski definition) is 3. The maximum atomic E-state index is 12.5. The Morgan fingerprint density at radius 1 is 1.17 bits per heavy atom. The lowest BCUT2D eigenvalue weighted by molar-refractivity contribution is -0.163. The van der Waals surface area contributed by atoms with Gasteiger partial charge in [0.25, 0.3) is 0 Å². The first-order valence-electron chi connectivity index (χ1n) is 8.59. The SMILES string of the molecule is CCCC(Cc1ccccc1)OC(=O)C1CCCCC1C(=O)O. The molecule has 0 aliphatic heterocycles. The van der Waals surface area contributed by atoms with Gasteiger partial charge in [-0.05, 0) is 24.8 Å². The molecule has 3 atom stereocenters. The van der Waals surface area contributed by atoms with Crippen LogP contribution in [0.5, 0.6) is 0 Å². The summed E-state index contributed by atoms with van der Waals surface area (Å²) in [5, 5.41) is 9.32. The molecule has 1 aromatic rings. The minimum Gasteiger partial charge on any atom is -0.481 e. The van der Waals surface area contributed by atoms with Crippen molar-refractivity contribution in [3.63, 3.8) is 0 Å². The van der Waals surface area contributed by atoms with Gasteiger partial charge in [-0.15, -0.1) is 0 Å². The average molecular weight is 318 g/mol. The summed E-state index contributed by atoms with van der Waals surface area (Å²) < 4.78 is 5.71. The van der Waals surface area contributed by atoms with Crippen LogP contribution in [0.1, 0.15) is 51.0 Å². The third kappa shape index (κ3) is 5.08. The molecule has 2 rings (SSSR count). The number of esters is 1. The van der Waals surface area contributed by atoms with Gasteiger partial charge in [0.05, 0.1) is 11.8 Å². The summed E-state index contributed by atoms with van der Waals surface area (Å²) in [6.07, 6.45) is 5.22. The van der Waals surface area contributed by atoms with Crippen molar-refractivity contribution in [3.8, 4) is 0 Å². The van der Waals surface area contributed by atoms with Crippen LogP contribution < -0.4 is 0 Å². The van der Waals surface area contributed by atoms with Crippen LogP contribution in [-0.4, -0.2) is 23.1 Å². The number of carbonyl (C=O) groups excluding carboxylic acids is 1. The van der Waals surface area contributed by atoms with Gasteiger partial charge >= 0.3 is 11.9 Å². The standard InChI is InChI=1S/C19H26O4/c1-2-8-15(13-14-9-4-3-5-10-14)23-19(22)17-12-7-6-11-16(17)18(20)21/h3-5,9-10,15-17H,2,6-8,11-13H2,1H3,(H,20,21). The second-order valence-electron chi connectivity index (χ2n) is 6.37. The molecule has 1 aliphatic carbocycles. The molecule has 4 heteroatoms. The van der Waals surface area contributed by atoms with E-state index in [0.717, 1.165) is 31.2 Å². The van der Waals surface area contributed by atoms with Crippen molar-refractivity contribution in [2.75, 3.05) is 0 Å². The summed E-state index contributed by atoms with van der Waals surface area (Å²) in [6.45, 7) is 2.06. The Bertz CT molecular complexity index is 511. The number of hydrogen-bond donors (Lipinski definition) is 1. The summed E-state index contributed by atoms with van der Waals surface area (Å²) >= 11 is 0. The first-order chi connectivity index (χ1) is 11.1. The van der Waals surface area contributed by atoms with Crippen LogP contribution in [0.2, 0.25) is 0 Å². The summed E-state index contributed by atoms with van der Waals surface area (Å²) in [5.74, 6) is -2.28. The molecule has 0 amide bonds. The van der Waals surface area contributed by atoms with E-state index in [1.807, 2.05) is 30.3 Å². The fraction of sp³-hybridized carbons (Fsp3) is 0.579. The first kappa shape index (κ1) is 17.5. The van der Waals surface area contributed by atoms with Gasteiger partial charge in [-0.3, -0.25) is 9.59 Å². The Labute approximate surface area is 137 Å². The Balaban J connectivity index is 2.00. The number of aliphatic carboxylic acids is 1. The van der Waals surface area contributed by atoms with E-state index in [1.54, 1.807) is 0 Å². The lowest BCUT2D eigenvalue weighted by Crippen LogP contribution is -2.36. The zero-order valence-electron chi connectivity index (χ0n) is 13.7. The Morgan fingerprint density at radius 3 is 2.43 bits per heavy atom. The molecule has 1 N–H and O–H groups in total. The van der Waals surface area contributed by atoms with Crippen LogP contribution in [0.4, 0.5) is 0 Å². The Hall–Kier alpha value is -1.84. The molecule has 3 unspecified atom stereocenters. The topological polar surface area (TPSA) is 63.6 Å². The second kappa shape index (κ2) is 8.70. The van der Waals surface area contributed by atoms with E-state index in [4.69, 9.17) is 4.74 Å². The quantitative estimate of drug-likeness (QED) is 0.776. The van der Waals surface area contributed by atoms with Crippen molar-refractivity contribution in [2.24, 2.45) is 11.8 Å². The van der Waals surface area contributed by atoms with Crippen LogP contribution >= 0.6 is 0 Å². The van der Waals surface area contributed by atoms with Gasteiger partial charge in [-0.25, -0.2) is 0 Å². The van der Waals surface area contributed by atoms with Gasteiger partial charge in [-0.1, -0.05) is 56.5 Å². The number of ether oxygens (including phenoxy) is 1. The summed E-state index contributed by atoms with van der Waals surface area (Å²) in [5.41, 5.74) is 1.14. The molecule has 23 heavy (non-hydrogen) atoms. The average Bonchev–Trinajstić information content (AvgIpc) is 2.56. The second-order valence-corrected chi connectivity index (χ2v) is 6.37. The smallest absolute Gasteiger partial charge is 0.310 e. The molecule has 0 radical (unpaired) electrons. The zero-order valence-corrected chi connectivity index (χ0v) is 13.7. The van der Waals surface area contributed by atoms with Crippen LogP contribution in [0.15, 0.2) is 30.3 Å². The minimum absolute atomic E-state index is 0.175. The van der Waals surface area contributed by atoms with Crippen molar-refractivity contribution in [2.45, 2.75) is 58.0 Å². The highest BCUT2D eigenvalue weighted by molar-refractivity contribution is 5.81. The molecule has 0 saturated heterocycles. The molecule has 1 saturated carbocycles. The molecule has 0 spiro atoms. The molecule has 126 valence electrons. The van der Waals surface area contributed by atoms with E-state index in [1.165, 1.54) is 0 Å². The van der Waals surface area contributed by atoms with Gasteiger partial charge in [0.1, 0.15) is 6.10 Å². The lowest BCUT2D eigenvalue weighted by Gasteiger charge is -2.28. The number of carbonyl (C=O) groups is 2. The van der Waals surface area contributed by atoms with Gasteiger partial charge < -0.3 is 9.84 Å². The number of carboxylic acid groups (broad SMARTS) is 1. The normalized spacial score (nSPS) is 22.3. The Kier molecular flexibility index (Phi) is 6.63. The molecular weight excluding hydrogens is 292 g/mol. The largest absolute Gasteiger partial charge is 0.481 e.